The highest BCUT2D eigenvalue weighted by atomic mass is 35.5. The second kappa shape index (κ2) is 6.32. The van der Waals surface area contributed by atoms with E-state index in [0.29, 0.717) is 23.8 Å². The molecule has 80 valence electrons. The molecule has 0 atom stereocenters. The third kappa shape index (κ3) is 4.23. The third-order valence-corrected chi connectivity index (χ3v) is 1.91. The van der Waals surface area contributed by atoms with Crippen molar-refractivity contribution in [3.63, 3.8) is 0 Å². The average Bonchev–Trinajstić information content (AvgIpc) is 2.24. The van der Waals surface area contributed by atoms with E-state index < -0.39 is 0 Å². The van der Waals surface area contributed by atoms with Crippen LogP contribution in [0.4, 0.5) is 0 Å². The summed E-state index contributed by atoms with van der Waals surface area (Å²) in [5.74, 6) is -0.308. The van der Waals surface area contributed by atoms with Crippen LogP contribution in [0.2, 0.25) is 5.02 Å². The number of carbonyl (C=O) groups is 1. The van der Waals surface area contributed by atoms with Gasteiger partial charge in [0.15, 0.2) is 0 Å². The SMILES string of the molecule is CCOCC=NC(=O)c1cccc(Cl)c1. The monoisotopic (exact) mass is 225 g/mol. The lowest BCUT2D eigenvalue weighted by Crippen LogP contribution is -1.99. The molecule has 1 amide bonds. The Morgan fingerprint density at radius 2 is 2.40 bits per heavy atom. The number of carbonyl (C=O) groups excluding carboxylic acids is 1. The molecule has 0 bridgehead atoms. The molecule has 0 aromatic heterocycles. The quantitative estimate of drug-likeness (QED) is 0.584. The van der Waals surface area contributed by atoms with Crippen molar-refractivity contribution in [1.82, 2.24) is 0 Å². The zero-order valence-corrected chi connectivity index (χ0v) is 9.20. The number of ether oxygens (including phenoxy) is 1. The molecule has 0 aliphatic rings. The van der Waals surface area contributed by atoms with Crippen LogP contribution in [0, 0.1) is 0 Å². The van der Waals surface area contributed by atoms with Crippen LogP contribution in [-0.4, -0.2) is 25.3 Å². The van der Waals surface area contributed by atoms with Crippen LogP contribution in [0.25, 0.3) is 0 Å². The van der Waals surface area contributed by atoms with Crippen LogP contribution < -0.4 is 0 Å². The van der Waals surface area contributed by atoms with Crippen LogP contribution in [0.1, 0.15) is 17.3 Å². The third-order valence-electron chi connectivity index (χ3n) is 1.68. The van der Waals surface area contributed by atoms with Crippen molar-refractivity contribution >= 4 is 23.7 Å². The van der Waals surface area contributed by atoms with Crippen LogP contribution in [-0.2, 0) is 4.74 Å². The highest BCUT2D eigenvalue weighted by Crippen LogP contribution is 2.11. The van der Waals surface area contributed by atoms with Crippen LogP contribution in [0.5, 0.6) is 0 Å². The molecule has 1 aromatic carbocycles. The lowest BCUT2D eigenvalue weighted by Gasteiger charge is -1.96. The van der Waals surface area contributed by atoms with E-state index in [1.807, 2.05) is 6.92 Å². The number of aliphatic imine (C=N–C) groups is 1. The van der Waals surface area contributed by atoms with E-state index in [1.165, 1.54) is 6.21 Å². The fourth-order valence-electron chi connectivity index (χ4n) is 0.987. The molecule has 0 unspecified atom stereocenters. The van der Waals surface area contributed by atoms with Gasteiger partial charge in [0.05, 0.1) is 6.61 Å². The van der Waals surface area contributed by atoms with E-state index in [2.05, 4.69) is 4.99 Å². The van der Waals surface area contributed by atoms with Crippen molar-refractivity contribution < 1.29 is 9.53 Å². The van der Waals surface area contributed by atoms with Crippen LogP contribution in [0.15, 0.2) is 29.3 Å². The van der Waals surface area contributed by atoms with Gasteiger partial charge in [0, 0.05) is 23.4 Å². The number of hydrogen-bond donors (Lipinski definition) is 0. The molecule has 4 heteroatoms. The molecular formula is C11H12ClNO2. The van der Waals surface area contributed by atoms with Gasteiger partial charge >= 0.3 is 0 Å². The van der Waals surface area contributed by atoms with Gasteiger partial charge in [-0.05, 0) is 25.1 Å². The molecule has 0 radical (unpaired) electrons. The molecule has 0 heterocycles. The maximum atomic E-state index is 11.4. The van der Waals surface area contributed by atoms with E-state index in [0.717, 1.165) is 0 Å². The number of benzene rings is 1. The summed E-state index contributed by atoms with van der Waals surface area (Å²) in [7, 11) is 0. The van der Waals surface area contributed by atoms with Crippen molar-refractivity contribution in [2.45, 2.75) is 6.92 Å². The highest BCUT2D eigenvalue weighted by molar-refractivity contribution is 6.31. The van der Waals surface area contributed by atoms with Crippen molar-refractivity contribution in [3.8, 4) is 0 Å². The molecule has 0 spiro atoms. The Balaban J connectivity index is 2.57. The molecule has 1 rings (SSSR count). The Morgan fingerprint density at radius 3 is 3.07 bits per heavy atom. The van der Waals surface area contributed by atoms with Gasteiger partial charge in [0.1, 0.15) is 0 Å². The molecule has 0 fully saturated rings. The lowest BCUT2D eigenvalue weighted by atomic mass is 10.2. The largest absolute Gasteiger partial charge is 0.376 e. The Bertz CT molecular complexity index is 363. The predicted molar refractivity (Wildman–Crippen MR) is 60.8 cm³/mol. The van der Waals surface area contributed by atoms with Gasteiger partial charge in [-0.25, -0.2) is 4.99 Å². The minimum Gasteiger partial charge on any atom is -0.376 e. The number of nitrogens with zero attached hydrogens (tertiary/aromatic N) is 1. The first-order valence-corrected chi connectivity index (χ1v) is 5.02. The molecule has 0 saturated heterocycles. The zero-order chi connectivity index (χ0) is 11.1. The van der Waals surface area contributed by atoms with Crippen molar-refractivity contribution in [1.29, 1.82) is 0 Å². The summed E-state index contributed by atoms with van der Waals surface area (Å²) in [6.07, 6.45) is 1.45. The number of rotatable bonds is 4. The van der Waals surface area contributed by atoms with E-state index in [9.17, 15) is 4.79 Å². The first kappa shape index (κ1) is 11.9. The number of hydrogen-bond acceptors (Lipinski definition) is 2. The molecule has 0 aliphatic carbocycles. The van der Waals surface area contributed by atoms with Gasteiger partial charge in [0.25, 0.3) is 5.91 Å². The van der Waals surface area contributed by atoms with Gasteiger partial charge in [-0.3, -0.25) is 4.79 Å². The Hall–Kier alpha value is -1.19. The summed E-state index contributed by atoms with van der Waals surface area (Å²) >= 11 is 5.74. The van der Waals surface area contributed by atoms with Gasteiger partial charge in [0.2, 0.25) is 0 Å². The van der Waals surface area contributed by atoms with Gasteiger partial charge < -0.3 is 4.74 Å². The summed E-state index contributed by atoms with van der Waals surface area (Å²) < 4.78 is 5.02. The van der Waals surface area contributed by atoms with Crippen LogP contribution >= 0.6 is 11.6 Å². The van der Waals surface area contributed by atoms with Crippen molar-refractivity contribution in [2.24, 2.45) is 4.99 Å². The Morgan fingerprint density at radius 1 is 1.60 bits per heavy atom. The van der Waals surface area contributed by atoms with Crippen molar-refractivity contribution in [2.75, 3.05) is 13.2 Å². The first-order chi connectivity index (χ1) is 7.24. The van der Waals surface area contributed by atoms with E-state index >= 15 is 0 Å². The minimum absolute atomic E-state index is 0.308. The molecule has 0 N–H and O–H groups in total. The first-order valence-electron chi connectivity index (χ1n) is 4.64. The standard InChI is InChI=1S/C11H12ClNO2/c1-2-15-7-6-13-11(14)9-4-3-5-10(12)8-9/h3-6,8H,2,7H2,1H3. The van der Waals surface area contributed by atoms with E-state index in [4.69, 9.17) is 16.3 Å². The topological polar surface area (TPSA) is 38.7 Å². The Labute approximate surface area is 93.7 Å². The summed E-state index contributed by atoms with van der Waals surface area (Å²) in [4.78, 5) is 15.2. The molecule has 15 heavy (non-hydrogen) atoms. The fraction of sp³-hybridized carbons (Fsp3) is 0.273. The summed E-state index contributed by atoms with van der Waals surface area (Å²) in [6, 6.07) is 6.68. The second-order valence-corrected chi connectivity index (χ2v) is 3.22. The number of halogens is 1. The zero-order valence-electron chi connectivity index (χ0n) is 8.44. The maximum Gasteiger partial charge on any atom is 0.276 e. The van der Waals surface area contributed by atoms with E-state index in [1.54, 1.807) is 24.3 Å². The van der Waals surface area contributed by atoms with Gasteiger partial charge in [-0.15, -0.1) is 0 Å². The Kier molecular flexibility index (Phi) is 5.01. The lowest BCUT2D eigenvalue weighted by molar-refractivity contribution is 0.100. The predicted octanol–water partition coefficient (Wildman–Crippen LogP) is 2.59. The summed E-state index contributed by atoms with van der Waals surface area (Å²) in [5, 5.41) is 0.529. The summed E-state index contributed by atoms with van der Waals surface area (Å²) in [6.45, 7) is 2.84. The highest BCUT2D eigenvalue weighted by Gasteiger charge is 2.02. The average molecular weight is 226 g/mol. The van der Waals surface area contributed by atoms with Crippen molar-refractivity contribution in [3.05, 3.63) is 34.9 Å². The van der Waals surface area contributed by atoms with E-state index in [-0.39, 0.29) is 5.91 Å². The van der Waals surface area contributed by atoms with Gasteiger partial charge in [-0.1, -0.05) is 17.7 Å². The second-order valence-electron chi connectivity index (χ2n) is 2.79. The maximum absolute atomic E-state index is 11.4. The molecule has 3 nitrogen and oxygen atoms in total. The smallest absolute Gasteiger partial charge is 0.276 e. The van der Waals surface area contributed by atoms with Crippen LogP contribution in [0.3, 0.4) is 0 Å². The molecule has 0 saturated carbocycles. The molecule has 0 aliphatic heterocycles. The summed E-state index contributed by atoms with van der Waals surface area (Å²) in [5.41, 5.74) is 0.482. The fourth-order valence-corrected chi connectivity index (χ4v) is 1.18. The number of amides is 1. The molecular weight excluding hydrogens is 214 g/mol. The normalized spacial score (nSPS) is 10.8. The van der Waals surface area contributed by atoms with Gasteiger partial charge in [-0.2, -0.15) is 0 Å². The molecule has 1 aromatic rings. The minimum atomic E-state index is -0.308.